The normalized spacial score (nSPS) is 16.3. The molecule has 0 N–H and O–H groups in total. The quantitative estimate of drug-likeness (QED) is 0.298. The van der Waals surface area contributed by atoms with Gasteiger partial charge in [0.25, 0.3) is 0 Å². The fourth-order valence-electron chi connectivity index (χ4n) is 4.16. The summed E-state index contributed by atoms with van der Waals surface area (Å²) in [7, 11) is 3.55. The molecule has 4 aromatic heterocycles. The highest BCUT2D eigenvalue weighted by molar-refractivity contribution is 6.62. The highest BCUT2D eigenvalue weighted by Gasteiger charge is 2.52. The van der Waals surface area contributed by atoms with Gasteiger partial charge in [0.15, 0.2) is 0 Å². The highest BCUT2D eigenvalue weighted by Crippen LogP contribution is 2.36. The average Bonchev–Trinajstić information content (AvgIpc) is 3.45. The van der Waals surface area contributed by atoms with E-state index in [4.69, 9.17) is 20.9 Å². The van der Waals surface area contributed by atoms with E-state index in [1.807, 2.05) is 54.2 Å². The molecule has 0 bridgehead atoms. The van der Waals surface area contributed by atoms with Crippen LogP contribution in [0, 0.1) is 0 Å². The zero-order valence-electron chi connectivity index (χ0n) is 22.3. The first-order valence-electron chi connectivity index (χ1n) is 12.3. The summed E-state index contributed by atoms with van der Waals surface area (Å²) in [6.07, 6.45) is 7.62. The van der Waals surface area contributed by atoms with Crippen molar-refractivity contribution in [3.8, 4) is 11.1 Å². The van der Waals surface area contributed by atoms with Crippen LogP contribution in [0.4, 0.5) is 0 Å². The monoisotopic (exact) mass is 508 g/mol. The molecule has 10 heteroatoms. The number of halogens is 1. The second-order valence-electron chi connectivity index (χ2n) is 10.1. The van der Waals surface area contributed by atoms with E-state index in [0.29, 0.717) is 5.15 Å². The number of fused-ring (bicyclic) bond motifs is 1. The highest BCUT2D eigenvalue weighted by atomic mass is 35.5. The van der Waals surface area contributed by atoms with E-state index in [1.165, 1.54) is 0 Å². The van der Waals surface area contributed by atoms with Crippen molar-refractivity contribution in [3.63, 3.8) is 0 Å². The molecular formula is C26H34BClN6O2. The lowest BCUT2D eigenvalue weighted by atomic mass is 9.79. The molecule has 5 heterocycles. The molecule has 8 nitrogen and oxygen atoms in total. The molecule has 0 amide bonds. The van der Waals surface area contributed by atoms with Crippen molar-refractivity contribution >= 4 is 35.2 Å². The number of hydrogen-bond donors (Lipinski definition) is 0. The van der Waals surface area contributed by atoms with Gasteiger partial charge in [-0.3, -0.25) is 14.3 Å². The van der Waals surface area contributed by atoms with E-state index >= 15 is 0 Å². The number of pyridine rings is 2. The maximum absolute atomic E-state index is 6.03. The second kappa shape index (κ2) is 9.96. The van der Waals surface area contributed by atoms with Crippen molar-refractivity contribution in [1.82, 2.24) is 29.5 Å². The zero-order valence-corrected chi connectivity index (χ0v) is 23.1. The third kappa shape index (κ3) is 5.19. The molecule has 190 valence electrons. The number of hydrogen-bond acceptors (Lipinski definition) is 6. The smallest absolute Gasteiger partial charge is 0.399 e. The van der Waals surface area contributed by atoms with Crippen molar-refractivity contribution in [1.29, 1.82) is 0 Å². The molecule has 1 aliphatic rings. The lowest BCUT2D eigenvalue weighted by Crippen LogP contribution is -2.41. The molecule has 0 radical (unpaired) electrons. The molecule has 0 aliphatic carbocycles. The Hall–Kier alpha value is -2.75. The maximum atomic E-state index is 6.03. The van der Waals surface area contributed by atoms with E-state index in [9.17, 15) is 0 Å². The molecule has 1 fully saturated rings. The van der Waals surface area contributed by atoms with E-state index in [0.717, 1.165) is 51.9 Å². The average molecular weight is 509 g/mol. The summed E-state index contributed by atoms with van der Waals surface area (Å²) in [5.41, 5.74) is 6.33. The molecule has 5 rings (SSSR count). The van der Waals surface area contributed by atoms with Crippen molar-refractivity contribution < 1.29 is 9.31 Å². The largest absolute Gasteiger partial charge is 0.498 e. The van der Waals surface area contributed by atoms with Crippen molar-refractivity contribution in [3.05, 3.63) is 53.3 Å². The Bertz CT molecular complexity index is 1360. The minimum Gasteiger partial charge on any atom is -0.399 e. The Morgan fingerprint density at radius 1 is 0.889 bits per heavy atom. The molecule has 0 unspecified atom stereocenters. The third-order valence-corrected chi connectivity index (χ3v) is 7.04. The van der Waals surface area contributed by atoms with Gasteiger partial charge in [-0.05, 0) is 58.7 Å². The molecule has 1 saturated heterocycles. The summed E-state index contributed by atoms with van der Waals surface area (Å²) in [6, 6.07) is 5.63. The minimum absolute atomic E-state index is 0.293. The maximum Gasteiger partial charge on any atom is 0.498 e. The van der Waals surface area contributed by atoms with Gasteiger partial charge in [-0.15, -0.1) is 0 Å². The summed E-state index contributed by atoms with van der Waals surface area (Å²) in [5.74, 6) is 0. The van der Waals surface area contributed by atoms with Crippen LogP contribution in [-0.2, 0) is 36.2 Å². The Labute approximate surface area is 218 Å². The summed E-state index contributed by atoms with van der Waals surface area (Å²) < 4.78 is 15.7. The molecule has 4 aromatic rings. The van der Waals surface area contributed by atoms with Crippen LogP contribution in [0.2, 0.25) is 5.15 Å². The van der Waals surface area contributed by atoms with Gasteiger partial charge < -0.3 is 9.31 Å². The van der Waals surface area contributed by atoms with Gasteiger partial charge >= 0.3 is 7.12 Å². The predicted molar refractivity (Wildman–Crippen MR) is 144 cm³/mol. The lowest BCUT2D eigenvalue weighted by molar-refractivity contribution is 0.00578. The van der Waals surface area contributed by atoms with Crippen molar-refractivity contribution in [2.45, 2.75) is 65.6 Å². The molecule has 0 saturated carbocycles. The summed E-state index contributed by atoms with van der Waals surface area (Å²) >= 11 is 5.92. The SMILES string of the molecule is CCc1nn(C)cc1-c1cnc2ccc(Cl)nc2c1.CCc1nn(C)cc1B1OC(C)(C)C(C)(C)O1. The molecule has 1 aliphatic heterocycles. The summed E-state index contributed by atoms with van der Waals surface area (Å²) in [6.45, 7) is 12.4. The number of nitrogens with zero attached hydrogens (tertiary/aromatic N) is 6. The van der Waals surface area contributed by atoms with Crippen LogP contribution in [0.1, 0.15) is 52.9 Å². The Morgan fingerprint density at radius 3 is 2.14 bits per heavy atom. The van der Waals surface area contributed by atoms with Crippen LogP contribution in [0.15, 0.2) is 36.8 Å². The summed E-state index contributed by atoms with van der Waals surface area (Å²) in [4.78, 5) is 8.72. The number of rotatable bonds is 4. The topological polar surface area (TPSA) is 79.9 Å². The first kappa shape index (κ1) is 26.3. The minimum atomic E-state index is -0.302. The molecule has 0 spiro atoms. The third-order valence-electron chi connectivity index (χ3n) is 6.83. The lowest BCUT2D eigenvalue weighted by Gasteiger charge is -2.32. The van der Waals surface area contributed by atoms with Gasteiger partial charge in [0.2, 0.25) is 0 Å². The Morgan fingerprint density at radius 2 is 1.50 bits per heavy atom. The Balaban J connectivity index is 0.000000170. The second-order valence-corrected chi connectivity index (χ2v) is 10.4. The van der Waals surface area contributed by atoms with Crippen LogP contribution >= 0.6 is 11.6 Å². The van der Waals surface area contributed by atoms with Gasteiger partial charge in [0.05, 0.1) is 33.6 Å². The van der Waals surface area contributed by atoms with Crippen LogP contribution in [0.25, 0.3) is 22.2 Å². The van der Waals surface area contributed by atoms with Crippen molar-refractivity contribution in [2.75, 3.05) is 0 Å². The van der Waals surface area contributed by atoms with Gasteiger partial charge in [-0.1, -0.05) is 25.4 Å². The van der Waals surface area contributed by atoms with Crippen LogP contribution in [-0.4, -0.2) is 47.8 Å². The molecular weight excluding hydrogens is 475 g/mol. The molecule has 0 atom stereocenters. The van der Waals surface area contributed by atoms with Crippen LogP contribution in [0.3, 0.4) is 0 Å². The van der Waals surface area contributed by atoms with E-state index < -0.39 is 0 Å². The first-order valence-corrected chi connectivity index (χ1v) is 12.6. The predicted octanol–water partition coefficient (Wildman–Crippen LogP) is 4.53. The van der Waals surface area contributed by atoms with Gasteiger partial charge in [-0.25, -0.2) is 4.98 Å². The van der Waals surface area contributed by atoms with Crippen LogP contribution in [0.5, 0.6) is 0 Å². The van der Waals surface area contributed by atoms with E-state index in [2.05, 4.69) is 61.7 Å². The standard InChI is InChI=1S/C14H13ClN4.C12H21BN2O2/c1-3-11-10(8-19(2)18-11)9-6-13-12(16-7-9)4-5-14(15)17-13;1-7-10-9(8-15(6)14-10)13-16-11(2,3)12(4,5)17-13/h4-8H,3H2,1-2H3;8H,7H2,1-6H3. The fourth-order valence-corrected chi connectivity index (χ4v) is 4.31. The zero-order chi connectivity index (χ0) is 26.3. The van der Waals surface area contributed by atoms with Crippen LogP contribution < -0.4 is 5.46 Å². The first-order chi connectivity index (χ1) is 16.9. The van der Waals surface area contributed by atoms with Gasteiger partial charge in [-0.2, -0.15) is 10.2 Å². The number of aromatic nitrogens is 6. The van der Waals surface area contributed by atoms with Crippen molar-refractivity contribution in [2.24, 2.45) is 14.1 Å². The number of aryl methyl sites for hydroxylation is 4. The van der Waals surface area contributed by atoms with E-state index in [1.54, 1.807) is 6.07 Å². The van der Waals surface area contributed by atoms with Gasteiger partial charge in [0.1, 0.15) is 5.15 Å². The summed E-state index contributed by atoms with van der Waals surface area (Å²) in [5, 5.41) is 9.35. The molecule has 36 heavy (non-hydrogen) atoms. The molecule has 0 aromatic carbocycles. The van der Waals surface area contributed by atoms with Gasteiger partial charge in [0, 0.05) is 49.3 Å². The Kier molecular flexibility index (Phi) is 7.28. The fraction of sp³-hybridized carbons (Fsp3) is 0.462. The van der Waals surface area contributed by atoms with E-state index in [-0.39, 0.29) is 18.3 Å².